The molecule has 0 heterocycles. The van der Waals surface area contributed by atoms with Crippen LogP contribution in [-0.2, 0) is 25.8 Å². The first-order chi connectivity index (χ1) is 16.8. The molecule has 7 rings (SSSR count). The molecule has 0 bridgehead atoms. The molecule has 0 saturated carbocycles. The van der Waals surface area contributed by atoms with Crippen LogP contribution in [-0.4, -0.2) is 9.52 Å². The van der Waals surface area contributed by atoms with E-state index >= 15 is 0 Å². The minimum absolute atomic E-state index is 0. The second-order valence-electron chi connectivity index (χ2n) is 8.13. The zero-order valence-electron chi connectivity index (χ0n) is 21.1. The second kappa shape index (κ2) is 17.2. The van der Waals surface area contributed by atoms with Crippen LogP contribution in [0.2, 0.25) is 13.1 Å². The van der Waals surface area contributed by atoms with Gasteiger partial charge in [-0.3, -0.25) is 0 Å². The van der Waals surface area contributed by atoms with E-state index in [9.17, 15) is 0 Å². The molecular formula is C33H31Cl2HfSi-3. The van der Waals surface area contributed by atoms with Crippen molar-refractivity contribution in [2.45, 2.75) is 13.1 Å². The normalized spacial score (nSPS) is 9.35. The van der Waals surface area contributed by atoms with E-state index in [-0.39, 0.29) is 50.7 Å². The van der Waals surface area contributed by atoms with Crippen LogP contribution in [0.4, 0.5) is 0 Å². The molecule has 0 N–H and O–H groups in total. The number of hydrogen-bond donors (Lipinski definition) is 0. The van der Waals surface area contributed by atoms with Crippen LogP contribution in [0.5, 0.6) is 0 Å². The van der Waals surface area contributed by atoms with Crippen molar-refractivity contribution in [1.29, 1.82) is 0 Å². The van der Waals surface area contributed by atoms with Crippen LogP contribution in [0.1, 0.15) is 0 Å². The van der Waals surface area contributed by atoms with Gasteiger partial charge in [0.25, 0.3) is 0 Å². The van der Waals surface area contributed by atoms with E-state index in [0.29, 0.717) is 0 Å². The maximum atomic E-state index is 2.24. The van der Waals surface area contributed by atoms with E-state index in [0.717, 1.165) is 9.52 Å². The van der Waals surface area contributed by atoms with Gasteiger partial charge in [-0.2, -0.15) is 35.0 Å². The molecule has 0 fully saturated rings. The van der Waals surface area contributed by atoms with E-state index in [1.165, 1.54) is 43.1 Å². The molecule has 0 unspecified atom stereocenters. The molecule has 0 nitrogen and oxygen atoms in total. The minimum atomic E-state index is 0. The summed E-state index contributed by atoms with van der Waals surface area (Å²) < 4.78 is 0. The Kier molecular flexibility index (Phi) is 15.2. The molecule has 188 valence electrons. The zero-order chi connectivity index (χ0) is 23.6. The number of benzene rings is 4. The fourth-order valence-corrected chi connectivity index (χ4v) is 4.04. The van der Waals surface area contributed by atoms with Crippen LogP contribution in [0, 0.1) is 0 Å². The standard InChI is InChI=1S/C13H9.2C9H7.C2H6Si.2ClH.Hf/c1-3-7-12-10(5-1)9-11-6-2-4-8-13(11)12;2*1-2-5-9-7-3-6-8(9)4-1;1-3-2;;;/h1-9H;2*1-7H;1-2H3;2*1H;/q3*-1;;;;. The van der Waals surface area contributed by atoms with Gasteiger partial charge in [-0.05, 0) is 0 Å². The molecule has 0 spiro atoms. The first-order valence-corrected chi connectivity index (χ1v) is 13.6. The SMILES string of the molecule is C[Si]C.Cl.Cl.[Hf].c1ccc2[cH-]ccc2c1.c1ccc2[cH-]ccc2c1.c1ccc2c(c1)[cH-]c1ccccc12. The quantitative estimate of drug-likeness (QED) is 0.109. The topological polar surface area (TPSA) is 0 Å². The van der Waals surface area contributed by atoms with Gasteiger partial charge in [0.15, 0.2) is 0 Å². The van der Waals surface area contributed by atoms with Crippen molar-refractivity contribution >= 4 is 77.4 Å². The molecule has 4 heteroatoms. The summed E-state index contributed by atoms with van der Waals surface area (Å²) in [6.07, 6.45) is 0. The van der Waals surface area contributed by atoms with Crippen LogP contribution < -0.4 is 0 Å². The van der Waals surface area contributed by atoms with Crippen molar-refractivity contribution in [3.63, 3.8) is 0 Å². The summed E-state index contributed by atoms with van der Waals surface area (Å²) in [5, 5.41) is 10.7. The number of hydrogen-bond acceptors (Lipinski definition) is 0. The first-order valence-electron chi connectivity index (χ1n) is 11.6. The van der Waals surface area contributed by atoms with Gasteiger partial charge < -0.3 is 0 Å². The maximum Gasteiger partial charge on any atom is 0.0307 e. The van der Waals surface area contributed by atoms with Gasteiger partial charge >= 0.3 is 0 Å². The Bertz CT molecular complexity index is 1400. The third-order valence-corrected chi connectivity index (χ3v) is 5.62. The Morgan fingerprint density at radius 2 is 0.784 bits per heavy atom. The van der Waals surface area contributed by atoms with Crippen molar-refractivity contribution in [3.05, 3.63) is 140 Å². The number of rotatable bonds is 0. The van der Waals surface area contributed by atoms with Gasteiger partial charge in [0.2, 0.25) is 0 Å². The van der Waals surface area contributed by atoms with E-state index in [1.54, 1.807) is 0 Å². The molecule has 0 aliphatic heterocycles. The molecule has 7 aromatic rings. The Hall–Kier alpha value is -2.36. The monoisotopic (exact) mass is 705 g/mol. The molecule has 0 aliphatic carbocycles. The van der Waals surface area contributed by atoms with Gasteiger partial charge in [0.1, 0.15) is 0 Å². The largest absolute Gasteiger partial charge is 0.168 e. The van der Waals surface area contributed by atoms with Crippen molar-refractivity contribution in [3.8, 4) is 0 Å². The van der Waals surface area contributed by atoms with Crippen LogP contribution in [0.3, 0.4) is 0 Å². The summed E-state index contributed by atoms with van der Waals surface area (Å²) in [5.41, 5.74) is 0. The Labute approximate surface area is 254 Å². The summed E-state index contributed by atoms with van der Waals surface area (Å²) in [6, 6.07) is 48.6. The maximum absolute atomic E-state index is 2.24. The minimum Gasteiger partial charge on any atom is -0.168 e. The molecular weight excluding hydrogens is 674 g/mol. The van der Waals surface area contributed by atoms with Gasteiger partial charge in [-0.15, -0.1) is 124 Å². The van der Waals surface area contributed by atoms with Gasteiger partial charge in [0.05, 0.1) is 0 Å². The predicted octanol–water partition coefficient (Wildman–Crippen LogP) is 10.5. The fourth-order valence-electron chi connectivity index (χ4n) is 4.04. The van der Waals surface area contributed by atoms with Crippen LogP contribution in [0.15, 0.2) is 140 Å². The van der Waals surface area contributed by atoms with E-state index in [4.69, 9.17) is 0 Å². The molecule has 0 saturated heterocycles. The average Bonchev–Trinajstić information content (AvgIpc) is 3.63. The Morgan fingerprint density at radius 3 is 1.16 bits per heavy atom. The molecule has 0 amide bonds. The molecule has 0 aromatic heterocycles. The summed E-state index contributed by atoms with van der Waals surface area (Å²) >= 11 is 0. The molecule has 37 heavy (non-hydrogen) atoms. The molecule has 7 aromatic carbocycles. The first kappa shape index (κ1) is 32.7. The second-order valence-corrected chi connectivity index (χ2v) is 9.13. The number of halogens is 2. The number of fused-ring (bicyclic) bond motifs is 5. The molecule has 0 aliphatic rings. The fraction of sp³-hybridized carbons (Fsp3) is 0.0606. The Balaban J connectivity index is 0.000000259. The zero-order valence-corrected chi connectivity index (χ0v) is 27.3. The summed E-state index contributed by atoms with van der Waals surface area (Å²) in [7, 11) is 1.08. The third kappa shape index (κ3) is 8.86. The van der Waals surface area contributed by atoms with Gasteiger partial charge in [-0.1, -0.05) is 61.6 Å². The summed E-state index contributed by atoms with van der Waals surface area (Å²) in [5.74, 6) is 0. The predicted molar refractivity (Wildman–Crippen MR) is 168 cm³/mol. The molecule has 0 atom stereocenters. The molecule has 2 radical (unpaired) electrons. The summed E-state index contributed by atoms with van der Waals surface area (Å²) in [4.78, 5) is 0. The third-order valence-electron chi connectivity index (χ3n) is 5.62. The van der Waals surface area contributed by atoms with Gasteiger partial charge in [0, 0.05) is 35.4 Å². The van der Waals surface area contributed by atoms with Crippen molar-refractivity contribution in [1.82, 2.24) is 0 Å². The van der Waals surface area contributed by atoms with Crippen LogP contribution >= 0.6 is 24.8 Å². The van der Waals surface area contributed by atoms with Crippen molar-refractivity contribution < 1.29 is 25.8 Å². The smallest absolute Gasteiger partial charge is 0.0307 e. The van der Waals surface area contributed by atoms with E-state index < -0.39 is 0 Å². The summed E-state index contributed by atoms with van der Waals surface area (Å²) in [6.45, 7) is 4.31. The van der Waals surface area contributed by atoms with Crippen molar-refractivity contribution in [2.75, 3.05) is 0 Å². The van der Waals surface area contributed by atoms with Crippen LogP contribution in [0.25, 0.3) is 43.1 Å². The van der Waals surface area contributed by atoms with Gasteiger partial charge in [-0.25, -0.2) is 0 Å². The Morgan fingerprint density at radius 1 is 0.459 bits per heavy atom. The van der Waals surface area contributed by atoms with E-state index in [1.807, 2.05) is 0 Å². The van der Waals surface area contributed by atoms with E-state index in [2.05, 4.69) is 153 Å². The average molecular weight is 705 g/mol. The van der Waals surface area contributed by atoms with Crippen molar-refractivity contribution in [2.24, 2.45) is 0 Å².